The van der Waals surface area contributed by atoms with Crippen LogP contribution in [0.2, 0.25) is 0 Å². The first-order valence-electron chi connectivity index (χ1n) is 23.9. The smallest absolute Gasteiger partial charge is 0.0713 e. The average Bonchev–Trinajstić information content (AvgIpc) is 3.72. The average molecular weight is 880 g/mol. The standard InChI is InChI=1S/C68H49N/c1-47-45-54(39-43-59(47)62-29-15-14-27-60(62)48(2)49-19-6-3-7-20-49)52-35-33-50(34-36-52)51-37-40-57(41-38-51)69(67-32-18-22-53-21-12-13-28-61(53)67)58-42-44-66-64(46-58)63-30-16-17-31-65(63)68(66,55-23-8-4-9-24-55)56-25-10-5-11-26-56/h3-46H,2H2,1H3. The summed E-state index contributed by atoms with van der Waals surface area (Å²) in [5.74, 6) is 0. The van der Waals surface area contributed by atoms with E-state index < -0.39 is 5.41 Å². The van der Waals surface area contributed by atoms with E-state index in [0.29, 0.717) is 0 Å². The lowest BCUT2D eigenvalue weighted by Gasteiger charge is -2.34. The molecule has 0 N–H and O–H groups in total. The summed E-state index contributed by atoms with van der Waals surface area (Å²) < 4.78 is 0. The van der Waals surface area contributed by atoms with Crippen molar-refractivity contribution in [1.82, 2.24) is 0 Å². The highest BCUT2D eigenvalue weighted by atomic mass is 15.1. The predicted molar refractivity (Wildman–Crippen MR) is 292 cm³/mol. The SMILES string of the molecule is C=C(c1ccccc1)c1ccccc1-c1ccc(-c2ccc(-c3ccc(N(c4ccc5c(c4)-c4ccccc4C5(c4ccccc4)c4ccccc4)c4cccc5ccccc45)cc3)cc2)cc1C. The molecule has 1 aliphatic carbocycles. The van der Waals surface area contributed by atoms with E-state index >= 15 is 0 Å². The zero-order valence-corrected chi connectivity index (χ0v) is 38.6. The van der Waals surface area contributed by atoms with E-state index in [1.807, 2.05) is 6.07 Å². The van der Waals surface area contributed by atoms with E-state index in [9.17, 15) is 0 Å². The van der Waals surface area contributed by atoms with Crippen LogP contribution in [0.4, 0.5) is 17.1 Å². The van der Waals surface area contributed by atoms with Gasteiger partial charge in [0, 0.05) is 16.8 Å². The van der Waals surface area contributed by atoms with Crippen molar-refractivity contribution in [3.63, 3.8) is 0 Å². The number of hydrogen-bond acceptors (Lipinski definition) is 1. The fourth-order valence-electron chi connectivity index (χ4n) is 11.0. The number of hydrogen-bond donors (Lipinski definition) is 0. The molecule has 0 radical (unpaired) electrons. The maximum absolute atomic E-state index is 4.50. The predicted octanol–water partition coefficient (Wildman–Crippen LogP) is 18.0. The summed E-state index contributed by atoms with van der Waals surface area (Å²) in [6.07, 6.45) is 0. The molecule has 0 fully saturated rings. The fourth-order valence-corrected chi connectivity index (χ4v) is 11.0. The Balaban J connectivity index is 0.899. The maximum atomic E-state index is 4.50. The molecule has 11 aromatic rings. The van der Waals surface area contributed by atoms with Crippen LogP contribution < -0.4 is 4.90 Å². The van der Waals surface area contributed by atoms with Crippen molar-refractivity contribution >= 4 is 33.4 Å². The quantitative estimate of drug-likeness (QED) is 0.132. The lowest BCUT2D eigenvalue weighted by Crippen LogP contribution is -2.28. The zero-order valence-electron chi connectivity index (χ0n) is 38.6. The molecule has 0 saturated carbocycles. The van der Waals surface area contributed by atoms with E-state index in [-0.39, 0.29) is 0 Å². The van der Waals surface area contributed by atoms with Crippen LogP contribution in [0, 0.1) is 6.92 Å². The largest absolute Gasteiger partial charge is 0.310 e. The van der Waals surface area contributed by atoms with Crippen molar-refractivity contribution in [2.45, 2.75) is 12.3 Å². The number of fused-ring (bicyclic) bond motifs is 4. The summed E-state index contributed by atoms with van der Waals surface area (Å²) >= 11 is 0. The molecule has 326 valence electrons. The molecule has 0 atom stereocenters. The topological polar surface area (TPSA) is 3.24 Å². The Hall–Kier alpha value is -8.78. The molecule has 0 aliphatic heterocycles. The van der Waals surface area contributed by atoms with Crippen molar-refractivity contribution in [3.8, 4) is 44.5 Å². The Morgan fingerprint density at radius 3 is 1.59 bits per heavy atom. The van der Waals surface area contributed by atoms with Gasteiger partial charge in [0.2, 0.25) is 0 Å². The van der Waals surface area contributed by atoms with Gasteiger partial charge in [-0.2, -0.15) is 0 Å². The third-order valence-corrected chi connectivity index (χ3v) is 14.3. The Bertz CT molecular complexity index is 3620. The number of nitrogens with zero attached hydrogens (tertiary/aromatic N) is 1. The molecule has 0 spiro atoms. The summed E-state index contributed by atoms with van der Waals surface area (Å²) in [7, 11) is 0. The third-order valence-electron chi connectivity index (χ3n) is 14.3. The molecular weight excluding hydrogens is 831 g/mol. The molecule has 0 amide bonds. The summed E-state index contributed by atoms with van der Waals surface area (Å²) in [5.41, 5.74) is 22.2. The Kier molecular flexibility index (Phi) is 10.5. The van der Waals surface area contributed by atoms with Gasteiger partial charge >= 0.3 is 0 Å². The Labute approximate surface area is 405 Å². The summed E-state index contributed by atoms with van der Waals surface area (Å²) in [5, 5.41) is 2.41. The van der Waals surface area contributed by atoms with Gasteiger partial charge in [-0.25, -0.2) is 0 Å². The molecule has 0 heterocycles. The molecule has 69 heavy (non-hydrogen) atoms. The molecule has 0 aromatic heterocycles. The van der Waals surface area contributed by atoms with Gasteiger partial charge in [0.05, 0.1) is 11.1 Å². The molecular formula is C68H49N. The summed E-state index contributed by atoms with van der Waals surface area (Å²) in [6.45, 7) is 6.71. The maximum Gasteiger partial charge on any atom is 0.0713 e. The van der Waals surface area contributed by atoms with Crippen LogP contribution >= 0.6 is 0 Å². The normalized spacial score (nSPS) is 12.3. The van der Waals surface area contributed by atoms with Crippen LogP contribution in [0.15, 0.2) is 273 Å². The second kappa shape index (κ2) is 17.5. The van der Waals surface area contributed by atoms with Crippen molar-refractivity contribution in [2.75, 3.05) is 4.90 Å². The minimum Gasteiger partial charge on any atom is -0.310 e. The highest BCUT2D eigenvalue weighted by Gasteiger charge is 2.46. The van der Waals surface area contributed by atoms with Gasteiger partial charge in [0.1, 0.15) is 0 Å². The third kappa shape index (κ3) is 7.19. The molecule has 12 rings (SSSR count). The van der Waals surface area contributed by atoms with E-state index in [4.69, 9.17) is 0 Å². The number of aryl methyl sites for hydroxylation is 1. The minimum atomic E-state index is -0.457. The zero-order chi connectivity index (χ0) is 46.3. The first-order chi connectivity index (χ1) is 34.1. The van der Waals surface area contributed by atoms with Crippen LogP contribution in [0.5, 0.6) is 0 Å². The van der Waals surface area contributed by atoms with E-state index in [2.05, 4.69) is 279 Å². The summed E-state index contributed by atoms with van der Waals surface area (Å²) in [6, 6.07) is 97.5. The molecule has 1 aliphatic rings. The Morgan fingerprint density at radius 1 is 0.377 bits per heavy atom. The lowest BCUT2D eigenvalue weighted by molar-refractivity contribution is 0.768. The second-order valence-corrected chi connectivity index (χ2v) is 18.1. The van der Waals surface area contributed by atoms with E-state index in [0.717, 1.165) is 33.8 Å². The van der Waals surface area contributed by atoms with Gasteiger partial charge in [-0.1, -0.05) is 243 Å². The van der Waals surface area contributed by atoms with Crippen molar-refractivity contribution in [2.24, 2.45) is 0 Å². The monoisotopic (exact) mass is 879 g/mol. The summed E-state index contributed by atoms with van der Waals surface area (Å²) in [4.78, 5) is 2.44. The van der Waals surface area contributed by atoms with Gasteiger partial charge in [-0.3, -0.25) is 0 Å². The van der Waals surface area contributed by atoms with Crippen LogP contribution in [-0.2, 0) is 5.41 Å². The highest BCUT2D eigenvalue weighted by molar-refractivity contribution is 6.00. The molecule has 0 saturated heterocycles. The van der Waals surface area contributed by atoms with Crippen molar-refractivity contribution < 1.29 is 0 Å². The van der Waals surface area contributed by atoms with Gasteiger partial charge in [0.15, 0.2) is 0 Å². The molecule has 0 bridgehead atoms. The minimum absolute atomic E-state index is 0.457. The first kappa shape index (κ1) is 41.6. The number of anilines is 3. The van der Waals surface area contributed by atoms with Crippen LogP contribution in [-0.4, -0.2) is 0 Å². The van der Waals surface area contributed by atoms with Gasteiger partial charge in [-0.05, 0) is 132 Å². The van der Waals surface area contributed by atoms with Crippen LogP contribution in [0.3, 0.4) is 0 Å². The molecule has 1 heteroatoms. The van der Waals surface area contributed by atoms with Crippen LogP contribution in [0.1, 0.15) is 38.9 Å². The van der Waals surface area contributed by atoms with Crippen molar-refractivity contribution in [3.05, 3.63) is 312 Å². The van der Waals surface area contributed by atoms with Gasteiger partial charge < -0.3 is 4.90 Å². The lowest BCUT2D eigenvalue weighted by atomic mass is 9.68. The highest BCUT2D eigenvalue weighted by Crippen LogP contribution is 2.57. The molecule has 11 aromatic carbocycles. The van der Waals surface area contributed by atoms with Gasteiger partial charge in [0.25, 0.3) is 0 Å². The van der Waals surface area contributed by atoms with Crippen molar-refractivity contribution in [1.29, 1.82) is 0 Å². The molecule has 1 nitrogen and oxygen atoms in total. The van der Waals surface area contributed by atoms with E-state index in [1.165, 1.54) is 83.1 Å². The Morgan fingerprint density at radius 2 is 0.899 bits per heavy atom. The fraction of sp³-hybridized carbons (Fsp3) is 0.0294. The number of benzene rings is 11. The van der Waals surface area contributed by atoms with E-state index in [1.54, 1.807) is 0 Å². The van der Waals surface area contributed by atoms with Gasteiger partial charge in [-0.15, -0.1) is 0 Å². The van der Waals surface area contributed by atoms with Crippen LogP contribution in [0.25, 0.3) is 60.9 Å². The first-order valence-corrected chi connectivity index (χ1v) is 23.9. The number of rotatable bonds is 10. The second-order valence-electron chi connectivity index (χ2n) is 18.1. The molecule has 0 unspecified atom stereocenters.